The highest BCUT2D eigenvalue weighted by Crippen LogP contribution is 2.44. The van der Waals surface area contributed by atoms with Crippen molar-refractivity contribution >= 4 is 17.6 Å². The Kier molecular flexibility index (Phi) is 6.12. The predicted octanol–water partition coefficient (Wildman–Crippen LogP) is 4.72. The van der Waals surface area contributed by atoms with E-state index >= 15 is 0 Å². The van der Waals surface area contributed by atoms with Gasteiger partial charge in [0.25, 0.3) is 5.91 Å². The number of methoxy groups -OCH3 is 1. The number of aryl methyl sites for hydroxylation is 1. The minimum absolute atomic E-state index is 0.159. The van der Waals surface area contributed by atoms with Crippen LogP contribution in [0.1, 0.15) is 34.5 Å². The van der Waals surface area contributed by atoms with E-state index in [2.05, 4.69) is 0 Å². The van der Waals surface area contributed by atoms with E-state index < -0.39 is 12.1 Å². The van der Waals surface area contributed by atoms with Crippen molar-refractivity contribution in [2.75, 3.05) is 18.6 Å². The van der Waals surface area contributed by atoms with Crippen molar-refractivity contribution in [3.8, 4) is 11.5 Å². The fourth-order valence-corrected chi connectivity index (χ4v) is 3.88. The number of hydrogen-bond acceptors (Lipinski definition) is 5. The SMILES string of the molecule is CCOC(=O)c1ccc(N2C(=O)C(Oc3ccccc3C)C2c2ccccc2OC)cc1. The molecule has 0 aromatic heterocycles. The summed E-state index contributed by atoms with van der Waals surface area (Å²) >= 11 is 0. The molecule has 164 valence electrons. The van der Waals surface area contributed by atoms with Crippen molar-refractivity contribution in [3.63, 3.8) is 0 Å². The number of ether oxygens (including phenoxy) is 3. The van der Waals surface area contributed by atoms with Crippen LogP contribution in [0.2, 0.25) is 0 Å². The molecule has 3 aromatic carbocycles. The summed E-state index contributed by atoms with van der Waals surface area (Å²) in [6.07, 6.45) is -0.697. The van der Waals surface area contributed by atoms with E-state index in [1.807, 2.05) is 55.5 Å². The van der Waals surface area contributed by atoms with Crippen LogP contribution in [0.5, 0.6) is 11.5 Å². The van der Waals surface area contributed by atoms with E-state index in [0.717, 1.165) is 11.1 Å². The van der Waals surface area contributed by atoms with Crippen molar-refractivity contribution in [1.82, 2.24) is 0 Å². The van der Waals surface area contributed by atoms with Gasteiger partial charge in [-0.05, 0) is 55.8 Å². The number of rotatable bonds is 7. The lowest BCUT2D eigenvalue weighted by atomic mass is 9.88. The normalized spacial score (nSPS) is 17.5. The number of benzene rings is 3. The molecule has 2 atom stereocenters. The van der Waals surface area contributed by atoms with Crippen LogP contribution in [0.4, 0.5) is 5.69 Å². The summed E-state index contributed by atoms with van der Waals surface area (Å²) in [6, 6.07) is 21.7. The van der Waals surface area contributed by atoms with E-state index in [-0.39, 0.29) is 11.9 Å². The quantitative estimate of drug-likeness (QED) is 0.400. The van der Waals surface area contributed by atoms with Crippen molar-refractivity contribution in [2.24, 2.45) is 0 Å². The van der Waals surface area contributed by atoms with Gasteiger partial charge in [-0.2, -0.15) is 0 Å². The molecule has 0 bridgehead atoms. The average Bonchev–Trinajstić information content (AvgIpc) is 2.82. The third kappa shape index (κ3) is 3.91. The molecule has 1 saturated heterocycles. The Hall–Kier alpha value is -3.80. The van der Waals surface area contributed by atoms with Gasteiger partial charge in [-0.3, -0.25) is 9.69 Å². The lowest BCUT2D eigenvalue weighted by molar-refractivity contribution is -0.135. The molecule has 0 radical (unpaired) electrons. The topological polar surface area (TPSA) is 65.1 Å². The fraction of sp³-hybridized carbons (Fsp3) is 0.231. The number of nitrogens with zero attached hydrogens (tertiary/aromatic N) is 1. The van der Waals surface area contributed by atoms with Gasteiger partial charge >= 0.3 is 5.97 Å². The molecule has 0 spiro atoms. The lowest BCUT2D eigenvalue weighted by Crippen LogP contribution is -2.61. The van der Waals surface area contributed by atoms with Gasteiger partial charge in [-0.25, -0.2) is 4.79 Å². The van der Waals surface area contributed by atoms with Crippen LogP contribution in [0.3, 0.4) is 0 Å². The van der Waals surface area contributed by atoms with Crippen LogP contribution in [0, 0.1) is 6.92 Å². The second kappa shape index (κ2) is 9.14. The monoisotopic (exact) mass is 431 g/mol. The molecule has 1 aliphatic rings. The molecule has 6 nitrogen and oxygen atoms in total. The Balaban J connectivity index is 1.69. The van der Waals surface area contributed by atoms with Crippen LogP contribution < -0.4 is 14.4 Å². The van der Waals surface area contributed by atoms with Crippen LogP contribution in [0.15, 0.2) is 72.8 Å². The minimum Gasteiger partial charge on any atom is -0.496 e. The highest BCUT2D eigenvalue weighted by atomic mass is 16.5. The van der Waals surface area contributed by atoms with Crippen LogP contribution in [0.25, 0.3) is 0 Å². The summed E-state index contributed by atoms with van der Waals surface area (Å²) in [5.41, 5.74) is 2.91. The van der Waals surface area contributed by atoms with Crippen molar-refractivity contribution in [3.05, 3.63) is 89.5 Å². The largest absolute Gasteiger partial charge is 0.496 e. The van der Waals surface area contributed by atoms with E-state index in [0.29, 0.717) is 29.4 Å². The Labute approximate surface area is 187 Å². The molecular formula is C26H25NO5. The summed E-state index contributed by atoms with van der Waals surface area (Å²) in [6.45, 7) is 4.01. The van der Waals surface area contributed by atoms with Gasteiger partial charge in [-0.15, -0.1) is 0 Å². The number of esters is 1. The summed E-state index contributed by atoms with van der Waals surface area (Å²) in [7, 11) is 1.61. The third-order valence-corrected chi connectivity index (χ3v) is 5.51. The first-order valence-corrected chi connectivity index (χ1v) is 10.5. The summed E-state index contributed by atoms with van der Waals surface area (Å²) in [5.74, 6) is 0.795. The molecule has 4 rings (SSSR count). The summed E-state index contributed by atoms with van der Waals surface area (Å²) in [4.78, 5) is 26.9. The summed E-state index contributed by atoms with van der Waals surface area (Å²) in [5, 5.41) is 0. The molecule has 32 heavy (non-hydrogen) atoms. The second-order valence-corrected chi connectivity index (χ2v) is 7.47. The Morgan fingerprint density at radius 3 is 2.25 bits per heavy atom. The first kappa shape index (κ1) is 21.4. The van der Waals surface area contributed by atoms with Crippen LogP contribution in [-0.2, 0) is 9.53 Å². The number of hydrogen-bond donors (Lipinski definition) is 0. The molecule has 6 heteroatoms. The van der Waals surface area contributed by atoms with Gasteiger partial charge in [-0.1, -0.05) is 36.4 Å². The van der Waals surface area contributed by atoms with Crippen LogP contribution >= 0.6 is 0 Å². The van der Waals surface area contributed by atoms with Gasteiger partial charge < -0.3 is 14.2 Å². The number of carbonyl (C=O) groups is 2. The van der Waals surface area contributed by atoms with Crippen LogP contribution in [-0.4, -0.2) is 31.7 Å². The Morgan fingerprint density at radius 1 is 0.938 bits per heavy atom. The Bertz CT molecular complexity index is 1130. The molecule has 3 aromatic rings. The first-order valence-electron chi connectivity index (χ1n) is 10.5. The zero-order chi connectivity index (χ0) is 22.7. The molecule has 1 amide bonds. The van der Waals surface area contributed by atoms with E-state index in [4.69, 9.17) is 14.2 Å². The maximum Gasteiger partial charge on any atom is 0.338 e. The molecule has 0 aliphatic carbocycles. The van der Waals surface area contributed by atoms with Crippen molar-refractivity contribution in [2.45, 2.75) is 26.0 Å². The zero-order valence-electron chi connectivity index (χ0n) is 18.3. The number of carbonyl (C=O) groups excluding carboxylic acids is 2. The molecule has 2 unspecified atom stereocenters. The first-order chi connectivity index (χ1) is 15.5. The van der Waals surface area contributed by atoms with Gasteiger partial charge in [0.05, 0.1) is 19.3 Å². The molecule has 1 fully saturated rings. The third-order valence-electron chi connectivity index (χ3n) is 5.51. The number of para-hydroxylation sites is 2. The fourth-order valence-electron chi connectivity index (χ4n) is 3.88. The lowest BCUT2D eigenvalue weighted by Gasteiger charge is -2.47. The highest BCUT2D eigenvalue weighted by Gasteiger charge is 2.52. The molecule has 0 saturated carbocycles. The zero-order valence-corrected chi connectivity index (χ0v) is 18.3. The predicted molar refractivity (Wildman–Crippen MR) is 121 cm³/mol. The number of β-lactam (4-membered cyclic amide) rings is 1. The van der Waals surface area contributed by atoms with Crippen molar-refractivity contribution in [1.29, 1.82) is 0 Å². The van der Waals surface area contributed by atoms with Gasteiger partial charge in [0, 0.05) is 11.3 Å². The standard InChI is InChI=1S/C26H25NO5/c1-4-31-26(29)18-13-15-19(16-14-18)27-23(20-10-6-8-12-22(20)30-3)24(25(27)28)32-21-11-7-5-9-17(21)2/h5-16,23-24H,4H2,1-3H3. The minimum atomic E-state index is -0.697. The van der Waals surface area contributed by atoms with Gasteiger partial charge in [0.15, 0.2) is 0 Å². The van der Waals surface area contributed by atoms with E-state index in [1.165, 1.54) is 0 Å². The maximum atomic E-state index is 13.3. The Morgan fingerprint density at radius 2 is 1.59 bits per heavy atom. The average molecular weight is 431 g/mol. The summed E-state index contributed by atoms with van der Waals surface area (Å²) < 4.78 is 16.8. The smallest absolute Gasteiger partial charge is 0.338 e. The highest BCUT2D eigenvalue weighted by molar-refractivity contribution is 6.06. The van der Waals surface area contributed by atoms with E-state index in [9.17, 15) is 9.59 Å². The molecule has 1 aliphatic heterocycles. The van der Waals surface area contributed by atoms with Gasteiger partial charge in [0.2, 0.25) is 6.10 Å². The number of anilines is 1. The van der Waals surface area contributed by atoms with Crippen molar-refractivity contribution < 1.29 is 23.8 Å². The second-order valence-electron chi connectivity index (χ2n) is 7.47. The molecular weight excluding hydrogens is 406 g/mol. The maximum absolute atomic E-state index is 13.3. The molecule has 0 N–H and O–H groups in total. The number of amides is 1. The molecule has 1 heterocycles. The van der Waals surface area contributed by atoms with Gasteiger partial charge in [0.1, 0.15) is 17.5 Å². The van der Waals surface area contributed by atoms with E-state index in [1.54, 1.807) is 43.2 Å².